The van der Waals surface area contributed by atoms with Gasteiger partial charge in [0, 0.05) is 5.56 Å². The molecule has 0 spiro atoms. The van der Waals surface area contributed by atoms with Crippen LogP contribution >= 0.6 is 0 Å². The normalized spacial score (nSPS) is 12.4. The lowest BCUT2D eigenvalue weighted by molar-refractivity contribution is 0.111. The molecule has 1 aromatic carbocycles. The Morgan fingerprint density at radius 2 is 2.00 bits per heavy atom. The Bertz CT molecular complexity index is 424. The second kappa shape index (κ2) is 6.43. The van der Waals surface area contributed by atoms with Crippen molar-refractivity contribution in [2.45, 2.75) is 52.4 Å². The molecule has 18 heavy (non-hydrogen) atoms. The number of hydrogen-bond acceptors (Lipinski definition) is 3. The van der Waals surface area contributed by atoms with E-state index in [1.165, 1.54) is 0 Å². The van der Waals surface area contributed by atoms with Crippen molar-refractivity contribution in [3.63, 3.8) is 0 Å². The fourth-order valence-electron chi connectivity index (χ4n) is 2.28. The van der Waals surface area contributed by atoms with Gasteiger partial charge in [-0.3, -0.25) is 4.79 Å². The van der Waals surface area contributed by atoms with Crippen LogP contribution in [0.2, 0.25) is 0 Å². The average Bonchev–Trinajstić information content (AvgIpc) is 2.35. The number of aromatic hydroxyl groups is 2. The fourth-order valence-corrected chi connectivity index (χ4v) is 2.28. The summed E-state index contributed by atoms with van der Waals surface area (Å²) < 4.78 is 0. The van der Waals surface area contributed by atoms with Gasteiger partial charge < -0.3 is 10.2 Å². The van der Waals surface area contributed by atoms with Gasteiger partial charge in [0.1, 0.15) is 11.5 Å². The van der Waals surface area contributed by atoms with Gasteiger partial charge in [-0.2, -0.15) is 0 Å². The molecule has 2 N–H and O–H groups in total. The van der Waals surface area contributed by atoms with Crippen molar-refractivity contribution in [1.82, 2.24) is 0 Å². The number of carbonyl (C=O) groups excluding carboxylic acids is 1. The zero-order chi connectivity index (χ0) is 13.7. The summed E-state index contributed by atoms with van der Waals surface area (Å²) in [6.07, 6.45) is 4.29. The molecule has 0 heterocycles. The monoisotopic (exact) mass is 250 g/mol. The molecule has 0 bridgehead atoms. The first kappa shape index (κ1) is 14.6. The average molecular weight is 250 g/mol. The van der Waals surface area contributed by atoms with Crippen molar-refractivity contribution < 1.29 is 15.0 Å². The number of aldehydes is 1. The van der Waals surface area contributed by atoms with E-state index in [1.807, 2.05) is 13.8 Å². The third kappa shape index (κ3) is 2.84. The maximum absolute atomic E-state index is 11.2. The Morgan fingerprint density at radius 3 is 2.50 bits per heavy atom. The smallest absolute Gasteiger partial charge is 0.154 e. The van der Waals surface area contributed by atoms with Gasteiger partial charge in [-0.15, -0.1) is 0 Å². The highest BCUT2D eigenvalue weighted by atomic mass is 16.3. The molecule has 3 nitrogen and oxygen atoms in total. The zero-order valence-corrected chi connectivity index (χ0v) is 11.4. The van der Waals surface area contributed by atoms with Crippen LogP contribution in [-0.2, 0) is 6.42 Å². The van der Waals surface area contributed by atoms with Crippen LogP contribution in [0.1, 0.15) is 67.4 Å². The molecular formula is C15H22O3. The van der Waals surface area contributed by atoms with E-state index in [2.05, 4.69) is 6.92 Å². The van der Waals surface area contributed by atoms with E-state index < -0.39 is 0 Å². The van der Waals surface area contributed by atoms with Gasteiger partial charge in [0.25, 0.3) is 0 Å². The summed E-state index contributed by atoms with van der Waals surface area (Å²) in [5, 5.41) is 19.9. The molecule has 0 aromatic heterocycles. The van der Waals surface area contributed by atoms with Gasteiger partial charge in [0.15, 0.2) is 6.29 Å². The van der Waals surface area contributed by atoms with Crippen LogP contribution in [0.5, 0.6) is 11.5 Å². The first-order valence-electron chi connectivity index (χ1n) is 6.59. The summed E-state index contributed by atoms with van der Waals surface area (Å²) in [5.41, 5.74) is 1.52. The van der Waals surface area contributed by atoms with Gasteiger partial charge in [-0.05, 0) is 30.4 Å². The van der Waals surface area contributed by atoms with Crippen LogP contribution in [-0.4, -0.2) is 16.5 Å². The third-order valence-corrected chi connectivity index (χ3v) is 3.45. The molecule has 0 saturated heterocycles. The molecule has 0 unspecified atom stereocenters. The maximum atomic E-state index is 11.2. The minimum atomic E-state index is -0.0640. The molecule has 0 amide bonds. The number of rotatable bonds is 6. The first-order chi connectivity index (χ1) is 8.56. The molecule has 0 saturated carbocycles. The number of carbonyl (C=O) groups is 1. The molecule has 100 valence electrons. The second-order valence-corrected chi connectivity index (χ2v) is 4.74. The van der Waals surface area contributed by atoms with Crippen molar-refractivity contribution in [3.05, 3.63) is 22.8 Å². The van der Waals surface area contributed by atoms with Crippen LogP contribution in [0, 0.1) is 0 Å². The highest BCUT2D eigenvalue weighted by molar-refractivity contribution is 5.83. The zero-order valence-electron chi connectivity index (χ0n) is 11.4. The summed E-state index contributed by atoms with van der Waals surface area (Å²) >= 11 is 0. The van der Waals surface area contributed by atoms with Crippen LogP contribution in [0.25, 0.3) is 0 Å². The number of benzene rings is 1. The van der Waals surface area contributed by atoms with Crippen molar-refractivity contribution in [2.75, 3.05) is 0 Å². The Balaban J connectivity index is 3.23. The first-order valence-corrected chi connectivity index (χ1v) is 6.59. The molecule has 0 aliphatic carbocycles. The van der Waals surface area contributed by atoms with Crippen LogP contribution in [0.4, 0.5) is 0 Å². The molecule has 1 aromatic rings. The highest BCUT2D eigenvalue weighted by Crippen LogP contribution is 2.37. The van der Waals surface area contributed by atoms with Crippen LogP contribution in [0.3, 0.4) is 0 Å². The molecule has 0 fully saturated rings. The van der Waals surface area contributed by atoms with Gasteiger partial charge in [0.05, 0.1) is 5.56 Å². The largest absolute Gasteiger partial charge is 0.508 e. The molecule has 1 rings (SSSR count). The van der Waals surface area contributed by atoms with E-state index in [-0.39, 0.29) is 17.4 Å². The molecule has 3 heteroatoms. The molecular weight excluding hydrogens is 228 g/mol. The van der Waals surface area contributed by atoms with Crippen molar-refractivity contribution in [2.24, 2.45) is 0 Å². The highest BCUT2D eigenvalue weighted by Gasteiger charge is 2.19. The van der Waals surface area contributed by atoms with Crippen LogP contribution < -0.4 is 0 Å². The number of phenolic OH excluding ortho intramolecular Hbond substituents is 2. The van der Waals surface area contributed by atoms with Crippen molar-refractivity contribution in [3.8, 4) is 11.5 Å². The Kier molecular flexibility index (Phi) is 5.20. The van der Waals surface area contributed by atoms with Crippen molar-refractivity contribution in [1.29, 1.82) is 0 Å². The molecule has 0 radical (unpaired) electrons. The number of hydrogen-bond donors (Lipinski definition) is 2. The summed E-state index contributed by atoms with van der Waals surface area (Å²) in [4.78, 5) is 11.2. The van der Waals surface area contributed by atoms with E-state index >= 15 is 0 Å². The Hall–Kier alpha value is -1.51. The fraction of sp³-hybridized carbons (Fsp3) is 0.533. The lowest BCUT2D eigenvalue weighted by atomic mass is 9.89. The third-order valence-electron chi connectivity index (χ3n) is 3.45. The topological polar surface area (TPSA) is 57.5 Å². The van der Waals surface area contributed by atoms with Gasteiger partial charge in [-0.25, -0.2) is 0 Å². The lowest BCUT2D eigenvalue weighted by Crippen LogP contribution is -2.02. The predicted octanol–water partition coefficient (Wildman–Crippen LogP) is 3.77. The number of unbranched alkanes of at least 4 members (excludes halogenated alkanes) is 1. The molecule has 0 aliphatic rings. The summed E-state index contributed by atoms with van der Waals surface area (Å²) in [6.45, 7) is 5.97. The van der Waals surface area contributed by atoms with E-state index in [0.717, 1.165) is 24.8 Å². The summed E-state index contributed by atoms with van der Waals surface area (Å²) in [5.74, 6) is 0.178. The van der Waals surface area contributed by atoms with E-state index in [4.69, 9.17) is 0 Å². The maximum Gasteiger partial charge on any atom is 0.154 e. The molecule has 1 atom stereocenters. The number of phenols is 2. The van der Waals surface area contributed by atoms with E-state index in [9.17, 15) is 15.0 Å². The Labute approximate surface area is 108 Å². The second-order valence-electron chi connectivity index (χ2n) is 4.74. The predicted molar refractivity (Wildman–Crippen MR) is 72.5 cm³/mol. The van der Waals surface area contributed by atoms with Crippen molar-refractivity contribution >= 4 is 6.29 Å². The Morgan fingerprint density at radius 1 is 1.33 bits per heavy atom. The summed E-state index contributed by atoms with van der Waals surface area (Å²) in [7, 11) is 0. The van der Waals surface area contributed by atoms with Crippen LogP contribution in [0.15, 0.2) is 6.07 Å². The van der Waals surface area contributed by atoms with E-state index in [1.54, 1.807) is 6.07 Å². The quantitative estimate of drug-likeness (QED) is 0.756. The van der Waals surface area contributed by atoms with Gasteiger partial charge >= 0.3 is 0 Å². The summed E-state index contributed by atoms with van der Waals surface area (Å²) in [6, 6.07) is 1.63. The van der Waals surface area contributed by atoms with Gasteiger partial charge in [0.2, 0.25) is 0 Å². The standard InChI is InChI=1S/C15H22O3/c1-4-6-7-10(3)12-8-14(17)11(5-2)15(18)13(12)9-16/h8-10,17-18H,4-7H2,1-3H3/t10-/m0/s1. The lowest BCUT2D eigenvalue weighted by Gasteiger charge is -2.17. The van der Waals surface area contributed by atoms with E-state index in [0.29, 0.717) is 23.8 Å². The molecule has 0 aliphatic heterocycles. The van der Waals surface area contributed by atoms with Gasteiger partial charge in [-0.1, -0.05) is 33.6 Å². The minimum absolute atomic E-state index is 0.0640. The minimum Gasteiger partial charge on any atom is -0.508 e. The SMILES string of the molecule is CCCC[C@H](C)c1cc(O)c(CC)c(O)c1C=O.